The summed E-state index contributed by atoms with van der Waals surface area (Å²) in [4.78, 5) is 14.2. The van der Waals surface area contributed by atoms with Gasteiger partial charge in [0.2, 0.25) is 0 Å². The van der Waals surface area contributed by atoms with Crippen LogP contribution < -0.4 is 57.8 Å². The van der Waals surface area contributed by atoms with E-state index in [1.54, 1.807) is 14.2 Å². The Hall–Kier alpha value is -11.9. The van der Waals surface area contributed by atoms with Crippen LogP contribution in [0.25, 0.3) is 0 Å². The summed E-state index contributed by atoms with van der Waals surface area (Å²) in [5.41, 5.74) is 20.7. The number of fused-ring (bicyclic) bond motifs is 4. The molecular weight excluding hydrogens is 1480 g/mol. The Morgan fingerprint density at radius 2 is 0.605 bits per heavy atom. The molecule has 16 nitrogen and oxygen atoms in total. The molecule has 4 aliphatic rings. The van der Waals surface area contributed by atoms with E-state index in [0.29, 0.717) is 112 Å². The molecule has 612 valence electrons. The first-order valence-corrected chi connectivity index (χ1v) is 41.7. The van der Waals surface area contributed by atoms with Gasteiger partial charge in [0.25, 0.3) is 0 Å². The number of benzene rings is 12. The summed E-state index contributed by atoms with van der Waals surface area (Å²) in [6.45, 7) is 23.7. The molecule has 0 spiro atoms. The van der Waals surface area contributed by atoms with Crippen molar-refractivity contribution in [1.82, 2.24) is 0 Å². The average molecular weight is 1590 g/mol. The van der Waals surface area contributed by atoms with Crippen LogP contribution in [-0.2, 0) is 87.6 Å². The topological polar surface area (TPSA) is 112 Å². The number of hydrogen-bond donors (Lipinski definition) is 0. The van der Waals surface area contributed by atoms with Crippen LogP contribution in [0, 0.1) is 0 Å². The van der Waals surface area contributed by atoms with Crippen molar-refractivity contribution in [1.29, 1.82) is 0 Å². The van der Waals surface area contributed by atoms with Crippen molar-refractivity contribution in [2.24, 2.45) is 0 Å². The van der Waals surface area contributed by atoms with Crippen molar-refractivity contribution in [3.8, 4) is 34.5 Å². The zero-order valence-electron chi connectivity index (χ0n) is 70.0. The predicted molar refractivity (Wildman–Crippen MR) is 477 cm³/mol. The Balaban J connectivity index is 0.826. The summed E-state index contributed by atoms with van der Waals surface area (Å²) in [5, 5.41) is 0. The minimum absolute atomic E-state index is 0.280. The van der Waals surface area contributed by atoms with Gasteiger partial charge in [0.15, 0.2) is 26.9 Å². The molecule has 0 radical (unpaired) electrons. The van der Waals surface area contributed by atoms with E-state index in [1.165, 1.54) is 16.7 Å². The highest BCUT2D eigenvalue weighted by Gasteiger charge is 2.35. The fourth-order valence-corrected chi connectivity index (χ4v) is 16.8. The summed E-state index contributed by atoms with van der Waals surface area (Å²) in [6.07, 6.45) is 0. The largest absolute Gasteiger partial charge is 0.491 e. The van der Waals surface area contributed by atoms with Crippen molar-refractivity contribution in [3.05, 3.63) is 357 Å². The highest BCUT2D eigenvalue weighted by molar-refractivity contribution is 5.63. The molecule has 119 heavy (non-hydrogen) atoms. The van der Waals surface area contributed by atoms with Crippen LogP contribution in [0.15, 0.2) is 279 Å². The van der Waals surface area contributed by atoms with Crippen LogP contribution in [0.2, 0.25) is 0 Å². The van der Waals surface area contributed by atoms with E-state index in [1.807, 2.05) is 0 Å². The molecule has 12 aromatic rings. The van der Waals surface area contributed by atoms with Gasteiger partial charge in [-0.1, -0.05) is 175 Å². The van der Waals surface area contributed by atoms with E-state index in [4.69, 9.17) is 47.4 Å². The second kappa shape index (κ2) is 36.9. The molecule has 16 rings (SSSR count). The van der Waals surface area contributed by atoms with E-state index in [-0.39, 0.29) is 6.61 Å². The van der Waals surface area contributed by atoms with Crippen molar-refractivity contribution in [2.45, 2.75) is 110 Å². The van der Waals surface area contributed by atoms with Crippen molar-refractivity contribution in [3.63, 3.8) is 0 Å². The van der Waals surface area contributed by atoms with Crippen LogP contribution in [0.5, 0.6) is 34.5 Å². The van der Waals surface area contributed by atoms with E-state index in [0.717, 1.165) is 143 Å². The van der Waals surface area contributed by atoms with Gasteiger partial charge in [0.05, 0.1) is 39.6 Å². The molecule has 0 aliphatic carbocycles. The van der Waals surface area contributed by atoms with Gasteiger partial charge >= 0.3 is 0 Å². The number of hydrogen-bond acceptors (Lipinski definition) is 16. The zero-order valence-corrected chi connectivity index (χ0v) is 70.0. The fourth-order valence-electron chi connectivity index (χ4n) is 16.8. The number of anilines is 6. The maximum Gasteiger partial charge on any atom is 0.161 e. The van der Waals surface area contributed by atoms with Gasteiger partial charge < -0.3 is 76.8 Å². The number of nitrogens with zero attached hydrogens (tertiary/aromatic N) is 6. The molecule has 0 saturated heterocycles. The van der Waals surface area contributed by atoms with Crippen LogP contribution in [0.3, 0.4) is 0 Å². The van der Waals surface area contributed by atoms with Gasteiger partial charge in [-0.3, -0.25) is 0 Å². The Morgan fingerprint density at radius 3 is 1.03 bits per heavy atom. The lowest BCUT2D eigenvalue weighted by Gasteiger charge is -2.37. The molecule has 0 unspecified atom stereocenters. The number of rotatable bonds is 34. The van der Waals surface area contributed by atoms with Crippen LogP contribution in [0.4, 0.5) is 34.1 Å². The maximum absolute atomic E-state index is 7.51. The molecular formula is C103H110N6O10. The monoisotopic (exact) mass is 1590 g/mol. The molecule has 0 N–H and O–H groups in total. The molecule has 0 aromatic heterocycles. The zero-order chi connectivity index (χ0) is 81.7. The number of ether oxygens (including phenoxy) is 10. The summed E-state index contributed by atoms with van der Waals surface area (Å²) in [7, 11) is 3.39. The summed E-state index contributed by atoms with van der Waals surface area (Å²) in [6, 6.07) is 101. The Kier molecular flexibility index (Phi) is 25.1. The molecule has 0 bridgehead atoms. The van der Waals surface area contributed by atoms with Gasteiger partial charge in [-0.25, -0.2) is 0 Å². The quantitative estimate of drug-likeness (QED) is 0.0356. The molecule has 0 amide bonds. The van der Waals surface area contributed by atoms with E-state index in [2.05, 4.69) is 350 Å². The highest BCUT2D eigenvalue weighted by atomic mass is 16.6. The normalized spacial score (nSPS) is 13.8. The molecule has 16 heteroatoms. The summed E-state index contributed by atoms with van der Waals surface area (Å²) >= 11 is 0. The minimum atomic E-state index is -0.584. The van der Waals surface area contributed by atoms with Gasteiger partial charge in [-0.05, 0) is 179 Å². The van der Waals surface area contributed by atoms with Gasteiger partial charge in [-0.2, -0.15) is 0 Å². The summed E-state index contributed by atoms with van der Waals surface area (Å²) in [5.74, 6) is 5.19. The molecule has 4 heterocycles. The lowest BCUT2D eigenvalue weighted by atomic mass is 9.76. The van der Waals surface area contributed by atoms with E-state index in [9.17, 15) is 0 Å². The Labute approximate surface area is 702 Å². The maximum atomic E-state index is 7.51. The Bertz CT molecular complexity index is 5370. The third kappa shape index (κ3) is 18.7. The van der Waals surface area contributed by atoms with Crippen molar-refractivity contribution in [2.75, 3.05) is 123 Å². The van der Waals surface area contributed by atoms with Gasteiger partial charge in [0, 0.05) is 161 Å². The molecule has 0 saturated carbocycles. The number of para-hydroxylation sites is 6. The predicted octanol–water partition coefficient (Wildman–Crippen LogP) is 20.6. The third-order valence-corrected chi connectivity index (χ3v) is 24.0. The molecule has 0 atom stereocenters. The lowest BCUT2D eigenvalue weighted by molar-refractivity contribution is 0.0541. The standard InChI is InChI=1S/C103H110N6O10/c1-101(2,84-40-44-96-76(56-84)64-106(71-116-96)91-31-19-11-20-32-91)83-39-43-95(114-53-51-112-49-47-110-7)75(55-83)63-104(89-27-15-9-16-28-89)67-79-59-87(102(3,4)85-41-45-97-77(57-85)65-107(72-117-97)92-33-21-12-22-34-92)60-80(99(79)115-54-52-113-50-48-111-8)68-105(90-29-17-10-18-30-90)69-81-61-88(62-82-70-109(74-119-100(81)82)94-37-25-14-26-38-94)103(5,6)86-42-46-98-78(58-86)66-108(73-118-98)93-35-23-13-24-36-93/h9-46,55-62H,47-54,63-74H2,1-8H3. The summed E-state index contributed by atoms with van der Waals surface area (Å²) < 4.78 is 64.3. The van der Waals surface area contributed by atoms with Gasteiger partial charge in [-0.15, -0.1) is 0 Å². The van der Waals surface area contributed by atoms with E-state index >= 15 is 0 Å². The second-order valence-electron chi connectivity index (χ2n) is 32.9. The van der Waals surface area contributed by atoms with Crippen LogP contribution in [0.1, 0.15) is 119 Å². The SMILES string of the molecule is COCCOCCOc1ccc(C(C)(C)c2ccc3c(c2)CN(c2ccccc2)CO3)cc1CN(Cc1cc(C(C)(C)c2ccc3c(c2)CN(c2ccccc2)CO3)cc(CN(Cc2cc(C(C)(C)c3ccc4c(c3)CN(c3ccccc3)CO4)cc3c2OCN(c2ccccc2)C3)c2ccccc2)c1OCCOCCOC)c1ccccc1. The van der Waals surface area contributed by atoms with Gasteiger partial charge in [0.1, 0.15) is 47.7 Å². The average Bonchev–Trinajstić information content (AvgIpc) is 0.764. The first-order valence-electron chi connectivity index (χ1n) is 41.7. The third-order valence-electron chi connectivity index (χ3n) is 24.0. The highest BCUT2D eigenvalue weighted by Crippen LogP contribution is 2.46. The smallest absolute Gasteiger partial charge is 0.161 e. The van der Waals surface area contributed by atoms with Crippen LogP contribution >= 0.6 is 0 Å². The molecule has 4 aliphatic heterocycles. The van der Waals surface area contributed by atoms with Crippen LogP contribution in [-0.4, -0.2) is 94.0 Å². The lowest BCUT2D eigenvalue weighted by Crippen LogP contribution is -2.34. The fraction of sp³-hybridized carbons (Fsp3) is 0.301. The van der Waals surface area contributed by atoms with Crippen molar-refractivity contribution >= 4 is 34.1 Å². The first-order chi connectivity index (χ1) is 58.1. The first kappa shape index (κ1) is 80.9. The number of methoxy groups -OCH3 is 2. The van der Waals surface area contributed by atoms with Crippen molar-refractivity contribution < 1.29 is 47.4 Å². The minimum Gasteiger partial charge on any atom is -0.491 e. The molecule has 12 aromatic carbocycles. The molecule has 0 fully saturated rings. The van der Waals surface area contributed by atoms with E-state index < -0.39 is 16.2 Å². The Morgan fingerprint density at radius 1 is 0.294 bits per heavy atom. The second-order valence-corrected chi connectivity index (χ2v) is 32.9.